The third-order valence-corrected chi connectivity index (χ3v) is 6.74. The van der Waals surface area contributed by atoms with Gasteiger partial charge in [0.1, 0.15) is 6.54 Å². The average molecular weight is 433 g/mol. The van der Waals surface area contributed by atoms with E-state index in [1.54, 1.807) is 4.90 Å². The highest BCUT2D eigenvalue weighted by Crippen LogP contribution is 2.43. The van der Waals surface area contributed by atoms with Gasteiger partial charge in [0.15, 0.2) is 0 Å². The molecular formula is C26H32N4O2. The first-order valence-corrected chi connectivity index (χ1v) is 11.4. The molecule has 0 spiro atoms. The second-order valence-corrected chi connectivity index (χ2v) is 8.37. The van der Waals surface area contributed by atoms with Crippen LogP contribution in [0.3, 0.4) is 0 Å². The van der Waals surface area contributed by atoms with Gasteiger partial charge < -0.3 is 19.7 Å². The van der Waals surface area contributed by atoms with Gasteiger partial charge in [-0.05, 0) is 37.7 Å². The highest BCUT2D eigenvalue weighted by Gasteiger charge is 2.40. The summed E-state index contributed by atoms with van der Waals surface area (Å²) in [5.74, 6) is -0.210. The molecular weight excluding hydrogens is 400 g/mol. The lowest BCUT2D eigenvalue weighted by molar-refractivity contribution is -0.122. The van der Waals surface area contributed by atoms with Gasteiger partial charge >= 0.3 is 0 Å². The Morgan fingerprint density at radius 1 is 1.06 bits per heavy atom. The van der Waals surface area contributed by atoms with Gasteiger partial charge in [0.2, 0.25) is 5.91 Å². The number of aryl methyl sites for hydroxylation is 1. The Balaban J connectivity index is 1.66. The van der Waals surface area contributed by atoms with Gasteiger partial charge in [-0.15, -0.1) is 0 Å². The number of aromatic nitrogens is 1. The molecule has 0 radical (unpaired) electrons. The molecule has 0 aliphatic carbocycles. The van der Waals surface area contributed by atoms with Crippen LogP contribution in [0.25, 0.3) is 10.9 Å². The fraction of sp³-hybridized carbons (Fsp3) is 0.385. The molecule has 32 heavy (non-hydrogen) atoms. The number of benzene rings is 2. The summed E-state index contributed by atoms with van der Waals surface area (Å²) in [6.45, 7) is 9.64. The number of fused-ring (bicyclic) bond motifs is 2. The number of nitrogens with one attached hydrogen (secondary N) is 1. The number of amides is 2. The van der Waals surface area contributed by atoms with E-state index in [2.05, 4.69) is 47.7 Å². The second-order valence-electron chi connectivity index (χ2n) is 8.37. The van der Waals surface area contributed by atoms with Crippen LogP contribution in [0.5, 0.6) is 0 Å². The molecule has 1 unspecified atom stereocenters. The van der Waals surface area contributed by atoms with Gasteiger partial charge in [0.25, 0.3) is 5.91 Å². The minimum absolute atomic E-state index is 0.0408. The minimum Gasteiger partial charge on any atom is -0.353 e. The lowest BCUT2D eigenvalue weighted by Gasteiger charge is -2.26. The van der Waals surface area contributed by atoms with Crippen molar-refractivity contribution in [2.75, 3.05) is 32.7 Å². The fourth-order valence-corrected chi connectivity index (χ4v) is 4.84. The van der Waals surface area contributed by atoms with E-state index in [4.69, 9.17) is 0 Å². The third-order valence-electron chi connectivity index (χ3n) is 6.74. The van der Waals surface area contributed by atoms with E-state index in [0.717, 1.165) is 47.4 Å². The van der Waals surface area contributed by atoms with E-state index in [1.165, 1.54) is 0 Å². The van der Waals surface area contributed by atoms with Crippen LogP contribution in [-0.4, -0.2) is 58.9 Å². The molecule has 2 aromatic carbocycles. The van der Waals surface area contributed by atoms with Gasteiger partial charge in [0, 0.05) is 47.9 Å². The zero-order valence-corrected chi connectivity index (χ0v) is 19.4. The van der Waals surface area contributed by atoms with Crippen molar-refractivity contribution in [2.45, 2.75) is 26.8 Å². The molecule has 1 aliphatic heterocycles. The van der Waals surface area contributed by atoms with E-state index in [0.29, 0.717) is 12.1 Å². The van der Waals surface area contributed by atoms with Crippen LogP contribution >= 0.6 is 0 Å². The molecule has 2 heterocycles. The minimum atomic E-state index is -0.279. The first kappa shape index (κ1) is 22.1. The van der Waals surface area contributed by atoms with Crippen molar-refractivity contribution in [2.24, 2.45) is 7.05 Å². The summed E-state index contributed by atoms with van der Waals surface area (Å²) in [7, 11) is 2.05. The fourth-order valence-electron chi connectivity index (χ4n) is 4.84. The average Bonchev–Trinajstić information content (AvgIpc) is 3.22. The molecule has 0 fully saturated rings. The Kier molecular flexibility index (Phi) is 6.33. The molecule has 1 atom stereocenters. The number of likely N-dealkylation sites (N-methyl/N-ethyl adjacent to an activating group) is 1. The number of nitrogens with zero attached hydrogens (tertiary/aromatic N) is 3. The zero-order chi connectivity index (χ0) is 22.8. The van der Waals surface area contributed by atoms with Gasteiger partial charge in [-0.25, -0.2) is 0 Å². The van der Waals surface area contributed by atoms with Gasteiger partial charge in [0.05, 0.1) is 6.04 Å². The van der Waals surface area contributed by atoms with Gasteiger partial charge in [-0.3, -0.25) is 9.59 Å². The van der Waals surface area contributed by atoms with Crippen molar-refractivity contribution in [1.29, 1.82) is 0 Å². The van der Waals surface area contributed by atoms with Crippen LogP contribution in [0, 0.1) is 6.92 Å². The van der Waals surface area contributed by atoms with E-state index in [1.807, 2.05) is 43.4 Å². The normalized spacial score (nSPS) is 15.6. The van der Waals surface area contributed by atoms with Crippen molar-refractivity contribution in [1.82, 2.24) is 19.7 Å². The maximum Gasteiger partial charge on any atom is 0.255 e. The van der Waals surface area contributed by atoms with Crippen molar-refractivity contribution in [3.8, 4) is 0 Å². The Labute approximate surface area is 189 Å². The number of rotatable bonds is 8. The van der Waals surface area contributed by atoms with Crippen molar-refractivity contribution in [3.63, 3.8) is 0 Å². The standard InChI is InChI=1S/C26H32N4O2/c1-5-29(6-2)16-15-27-23(31)17-30-25(19-11-7-8-12-20(19)26(30)32)24-18(3)28(4)22-14-10-9-13-21(22)24/h7-14,25H,5-6,15-17H2,1-4H3,(H,27,31). The maximum absolute atomic E-state index is 13.4. The van der Waals surface area contributed by atoms with E-state index < -0.39 is 0 Å². The van der Waals surface area contributed by atoms with Crippen LogP contribution in [0.1, 0.15) is 47.1 Å². The summed E-state index contributed by atoms with van der Waals surface area (Å²) in [4.78, 5) is 30.2. The number of carbonyl (C=O) groups excluding carboxylic acids is 2. The quantitative estimate of drug-likeness (QED) is 0.593. The smallest absolute Gasteiger partial charge is 0.255 e. The van der Waals surface area contributed by atoms with Gasteiger partial charge in [-0.2, -0.15) is 0 Å². The first-order valence-electron chi connectivity index (χ1n) is 11.4. The van der Waals surface area contributed by atoms with Crippen LogP contribution in [0.15, 0.2) is 48.5 Å². The molecule has 0 saturated heterocycles. The predicted molar refractivity (Wildman–Crippen MR) is 128 cm³/mol. The molecule has 0 saturated carbocycles. The third kappa shape index (κ3) is 3.79. The molecule has 1 aliphatic rings. The Bertz CT molecular complexity index is 1150. The lowest BCUT2D eigenvalue weighted by atomic mass is 9.95. The summed E-state index contributed by atoms with van der Waals surface area (Å²) < 4.78 is 2.17. The topological polar surface area (TPSA) is 57.6 Å². The van der Waals surface area contributed by atoms with E-state index in [-0.39, 0.29) is 24.4 Å². The van der Waals surface area contributed by atoms with Crippen molar-refractivity contribution < 1.29 is 9.59 Å². The summed E-state index contributed by atoms with van der Waals surface area (Å²) in [5, 5.41) is 4.12. The molecule has 3 aromatic rings. The summed E-state index contributed by atoms with van der Waals surface area (Å²) in [5.41, 5.74) is 4.97. The monoisotopic (exact) mass is 432 g/mol. The number of para-hydroxylation sites is 1. The summed E-state index contributed by atoms with van der Waals surface area (Å²) >= 11 is 0. The summed E-state index contributed by atoms with van der Waals surface area (Å²) in [6.07, 6.45) is 0. The molecule has 6 nitrogen and oxygen atoms in total. The van der Waals surface area contributed by atoms with Crippen LogP contribution < -0.4 is 5.32 Å². The van der Waals surface area contributed by atoms with E-state index in [9.17, 15) is 9.59 Å². The number of carbonyl (C=O) groups is 2. The molecule has 1 N–H and O–H groups in total. The molecule has 4 rings (SSSR count). The lowest BCUT2D eigenvalue weighted by Crippen LogP contribution is -2.42. The predicted octanol–water partition coefficient (Wildman–Crippen LogP) is 3.49. The van der Waals surface area contributed by atoms with Crippen LogP contribution in [0.2, 0.25) is 0 Å². The van der Waals surface area contributed by atoms with Gasteiger partial charge in [-0.1, -0.05) is 50.2 Å². The number of hydrogen-bond acceptors (Lipinski definition) is 3. The van der Waals surface area contributed by atoms with Crippen LogP contribution in [0.4, 0.5) is 0 Å². The highest BCUT2D eigenvalue weighted by molar-refractivity contribution is 6.02. The molecule has 0 bridgehead atoms. The largest absolute Gasteiger partial charge is 0.353 e. The first-order chi connectivity index (χ1) is 15.5. The Morgan fingerprint density at radius 3 is 2.50 bits per heavy atom. The Hall–Kier alpha value is -3.12. The van der Waals surface area contributed by atoms with E-state index >= 15 is 0 Å². The van der Waals surface area contributed by atoms with Crippen molar-refractivity contribution >= 4 is 22.7 Å². The highest BCUT2D eigenvalue weighted by atomic mass is 16.2. The molecule has 6 heteroatoms. The summed E-state index contributed by atoms with van der Waals surface area (Å²) in [6, 6.07) is 15.7. The molecule has 1 aromatic heterocycles. The Morgan fingerprint density at radius 2 is 1.75 bits per heavy atom. The number of hydrogen-bond donors (Lipinski definition) is 1. The molecule has 168 valence electrons. The molecule has 2 amide bonds. The zero-order valence-electron chi connectivity index (χ0n) is 19.4. The SMILES string of the molecule is CCN(CC)CCNC(=O)CN1C(=O)c2ccccc2C1c1c(C)n(C)c2ccccc12. The van der Waals surface area contributed by atoms with Crippen LogP contribution in [-0.2, 0) is 11.8 Å². The second kappa shape index (κ2) is 9.17. The van der Waals surface area contributed by atoms with Crippen molar-refractivity contribution in [3.05, 3.63) is 70.9 Å². The maximum atomic E-state index is 13.4.